The van der Waals surface area contributed by atoms with Crippen molar-refractivity contribution in [3.8, 4) is 0 Å². The van der Waals surface area contributed by atoms with Crippen LogP contribution >= 0.6 is 11.8 Å². The molecule has 2 fully saturated rings. The number of carbonyl (C=O) groups is 3. The van der Waals surface area contributed by atoms with Crippen molar-refractivity contribution < 1.29 is 14.4 Å². The van der Waals surface area contributed by atoms with E-state index in [4.69, 9.17) is 0 Å². The fourth-order valence-electron chi connectivity index (χ4n) is 5.20. The number of aryl methyl sites for hydroxylation is 1. The first kappa shape index (κ1) is 22.0. The second-order valence-electron chi connectivity index (χ2n) is 9.34. The van der Waals surface area contributed by atoms with E-state index >= 15 is 0 Å². The van der Waals surface area contributed by atoms with E-state index in [1.807, 2.05) is 53.6 Å². The molecule has 1 heterocycles. The van der Waals surface area contributed by atoms with Crippen molar-refractivity contribution in [1.82, 2.24) is 15.1 Å². The Morgan fingerprint density at radius 3 is 2.67 bits per heavy atom. The third kappa shape index (κ3) is 3.92. The van der Waals surface area contributed by atoms with Crippen LogP contribution in [-0.4, -0.2) is 46.5 Å². The summed E-state index contributed by atoms with van der Waals surface area (Å²) in [6.07, 6.45) is 5.51. The quantitative estimate of drug-likeness (QED) is 0.499. The number of fused-ring (bicyclic) bond motifs is 2. The summed E-state index contributed by atoms with van der Waals surface area (Å²) >= 11 is 1.66. The van der Waals surface area contributed by atoms with Crippen LogP contribution in [0.25, 0.3) is 0 Å². The zero-order valence-corrected chi connectivity index (χ0v) is 19.9. The highest BCUT2D eigenvalue weighted by molar-refractivity contribution is 7.98. The molecule has 1 saturated carbocycles. The summed E-state index contributed by atoms with van der Waals surface area (Å²) in [6, 6.07) is 15.5. The maximum atomic E-state index is 13.6. The monoisotopic (exact) mass is 463 g/mol. The van der Waals surface area contributed by atoms with E-state index in [9.17, 15) is 14.4 Å². The molecule has 0 bridgehead atoms. The number of amides is 4. The first-order valence-corrected chi connectivity index (χ1v) is 12.8. The lowest BCUT2D eigenvalue weighted by Crippen LogP contribution is -2.47. The molecule has 3 aliphatic rings. The van der Waals surface area contributed by atoms with E-state index in [1.54, 1.807) is 11.8 Å². The van der Waals surface area contributed by atoms with Gasteiger partial charge in [-0.3, -0.25) is 14.5 Å². The summed E-state index contributed by atoms with van der Waals surface area (Å²) in [5.41, 5.74) is 1.95. The number of urea groups is 1. The molecule has 0 radical (unpaired) electrons. The van der Waals surface area contributed by atoms with Crippen LogP contribution in [0.5, 0.6) is 0 Å². The molecule has 2 aliphatic carbocycles. The Morgan fingerprint density at radius 2 is 1.97 bits per heavy atom. The van der Waals surface area contributed by atoms with Gasteiger partial charge in [-0.2, -0.15) is 0 Å². The minimum Gasteiger partial charge on any atom is -0.334 e. The van der Waals surface area contributed by atoms with Crippen LogP contribution in [-0.2, 0) is 28.1 Å². The largest absolute Gasteiger partial charge is 0.334 e. The van der Waals surface area contributed by atoms with Crippen molar-refractivity contribution >= 4 is 29.6 Å². The van der Waals surface area contributed by atoms with Crippen LogP contribution in [0.3, 0.4) is 0 Å². The highest BCUT2D eigenvalue weighted by atomic mass is 32.2. The highest BCUT2D eigenvalue weighted by Gasteiger charge is 2.55. The normalized spacial score (nSPS) is 22.4. The molecular weight excluding hydrogens is 434 g/mol. The number of nitrogens with one attached hydrogen (secondary N) is 1. The molecule has 2 aromatic rings. The molecule has 4 amide bonds. The second-order valence-corrected chi connectivity index (χ2v) is 10.2. The Hall–Kier alpha value is -2.80. The van der Waals surface area contributed by atoms with Crippen LogP contribution in [0.4, 0.5) is 4.79 Å². The van der Waals surface area contributed by atoms with Crippen molar-refractivity contribution in [2.45, 2.75) is 55.6 Å². The van der Waals surface area contributed by atoms with Crippen LogP contribution in [0, 0.1) is 5.92 Å². The second kappa shape index (κ2) is 8.52. The fourth-order valence-corrected chi connectivity index (χ4v) is 5.66. The number of nitrogens with zero attached hydrogens (tertiary/aromatic N) is 2. The minimum atomic E-state index is -1.05. The molecule has 2 unspecified atom stereocenters. The van der Waals surface area contributed by atoms with E-state index in [1.165, 1.54) is 0 Å². The van der Waals surface area contributed by atoms with Gasteiger partial charge in [-0.05, 0) is 73.6 Å². The molecule has 1 aliphatic heterocycles. The number of carbonyl (C=O) groups excluding carboxylic acids is 3. The Bertz CT molecular complexity index is 1100. The average Bonchev–Trinajstić information content (AvgIpc) is 3.58. The van der Waals surface area contributed by atoms with Crippen LogP contribution in [0.1, 0.15) is 42.9 Å². The van der Waals surface area contributed by atoms with Gasteiger partial charge >= 0.3 is 6.03 Å². The van der Waals surface area contributed by atoms with Crippen molar-refractivity contribution in [1.29, 1.82) is 0 Å². The SMILES string of the molecule is CSc1ccc2c(c1)CCC21NC(=O)N(CC(=O)N(Cc2ccccc2)C(C)C2CC2)C1=O. The van der Waals surface area contributed by atoms with Gasteiger partial charge in [0.05, 0.1) is 0 Å². The zero-order valence-electron chi connectivity index (χ0n) is 19.0. The van der Waals surface area contributed by atoms with Gasteiger partial charge < -0.3 is 10.2 Å². The molecule has 1 spiro atoms. The fraction of sp³-hybridized carbons (Fsp3) is 0.423. The minimum absolute atomic E-state index is 0.0737. The van der Waals surface area contributed by atoms with Crippen molar-refractivity contribution in [2.24, 2.45) is 5.92 Å². The lowest BCUT2D eigenvalue weighted by atomic mass is 9.92. The van der Waals surface area contributed by atoms with Gasteiger partial charge in [0, 0.05) is 17.5 Å². The number of rotatable bonds is 7. The summed E-state index contributed by atoms with van der Waals surface area (Å²) in [7, 11) is 0. The first-order valence-electron chi connectivity index (χ1n) is 11.6. The summed E-state index contributed by atoms with van der Waals surface area (Å²) in [6.45, 7) is 2.32. The lowest BCUT2D eigenvalue weighted by molar-refractivity contribution is -0.141. The van der Waals surface area contributed by atoms with Gasteiger partial charge in [-0.1, -0.05) is 36.4 Å². The number of thioether (sulfide) groups is 1. The predicted molar refractivity (Wildman–Crippen MR) is 128 cm³/mol. The average molecular weight is 464 g/mol. The maximum absolute atomic E-state index is 13.6. The predicted octanol–water partition coefficient (Wildman–Crippen LogP) is 3.93. The van der Waals surface area contributed by atoms with Gasteiger partial charge in [0.25, 0.3) is 5.91 Å². The Morgan fingerprint density at radius 1 is 1.21 bits per heavy atom. The molecule has 1 N–H and O–H groups in total. The Labute approximate surface area is 198 Å². The van der Waals surface area contributed by atoms with Crippen LogP contribution < -0.4 is 5.32 Å². The number of hydrogen-bond donors (Lipinski definition) is 1. The van der Waals surface area contributed by atoms with Gasteiger partial charge in [0.15, 0.2) is 0 Å². The summed E-state index contributed by atoms with van der Waals surface area (Å²) in [4.78, 5) is 44.0. The van der Waals surface area contributed by atoms with Crippen LogP contribution in [0.15, 0.2) is 53.4 Å². The molecule has 172 valence electrons. The standard InChI is InChI=1S/C26H29N3O3S/c1-17(19-8-9-19)28(15-18-6-4-3-5-7-18)23(30)16-29-24(31)26(27-25(29)32)13-12-20-14-21(33-2)10-11-22(20)26/h3-7,10-11,14,17,19H,8-9,12-13,15-16H2,1-2H3,(H,27,32). The smallest absolute Gasteiger partial charge is 0.325 e. The number of hydrogen-bond acceptors (Lipinski definition) is 4. The van der Waals surface area contributed by atoms with Gasteiger partial charge in [-0.25, -0.2) is 4.79 Å². The topological polar surface area (TPSA) is 69.7 Å². The molecule has 7 heteroatoms. The Kier molecular flexibility index (Phi) is 5.69. The van der Waals surface area contributed by atoms with E-state index in [0.29, 0.717) is 18.9 Å². The molecule has 2 atom stereocenters. The number of benzene rings is 2. The van der Waals surface area contributed by atoms with E-state index in [-0.39, 0.29) is 24.4 Å². The van der Waals surface area contributed by atoms with E-state index < -0.39 is 11.6 Å². The molecule has 5 rings (SSSR count). The molecule has 1 saturated heterocycles. The summed E-state index contributed by atoms with van der Waals surface area (Å²) < 4.78 is 0. The summed E-state index contributed by atoms with van der Waals surface area (Å²) in [5.74, 6) is -0.00978. The molecule has 6 nitrogen and oxygen atoms in total. The number of imide groups is 1. The van der Waals surface area contributed by atoms with Gasteiger partial charge in [0.2, 0.25) is 5.91 Å². The van der Waals surface area contributed by atoms with E-state index in [0.717, 1.165) is 45.7 Å². The Balaban J connectivity index is 1.37. The van der Waals surface area contributed by atoms with Crippen molar-refractivity contribution in [2.75, 3.05) is 12.8 Å². The summed E-state index contributed by atoms with van der Waals surface area (Å²) in [5, 5.41) is 2.94. The van der Waals surface area contributed by atoms with Crippen molar-refractivity contribution in [3.05, 3.63) is 65.2 Å². The van der Waals surface area contributed by atoms with Gasteiger partial charge in [0.1, 0.15) is 12.1 Å². The van der Waals surface area contributed by atoms with Gasteiger partial charge in [-0.15, -0.1) is 11.8 Å². The third-order valence-electron chi connectivity index (χ3n) is 7.32. The lowest BCUT2D eigenvalue weighted by Gasteiger charge is -2.31. The van der Waals surface area contributed by atoms with Crippen molar-refractivity contribution in [3.63, 3.8) is 0 Å². The first-order chi connectivity index (χ1) is 15.9. The maximum Gasteiger partial charge on any atom is 0.325 e. The molecule has 2 aromatic carbocycles. The molecule has 33 heavy (non-hydrogen) atoms. The highest BCUT2D eigenvalue weighted by Crippen LogP contribution is 2.42. The zero-order chi connectivity index (χ0) is 23.2. The van der Waals surface area contributed by atoms with E-state index in [2.05, 4.69) is 18.3 Å². The van der Waals surface area contributed by atoms with Crippen LogP contribution in [0.2, 0.25) is 0 Å². The third-order valence-corrected chi connectivity index (χ3v) is 8.05. The molecular formula is C26H29N3O3S. The molecule has 0 aromatic heterocycles.